The van der Waals surface area contributed by atoms with Crippen molar-refractivity contribution in [3.8, 4) is 0 Å². The largest absolute Gasteiger partial charge is 0.456 e. The van der Waals surface area contributed by atoms with Gasteiger partial charge in [-0.25, -0.2) is 4.79 Å². The number of hydrogen-bond donors (Lipinski definition) is 0. The van der Waals surface area contributed by atoms with Crippen molar-refractivity contribution in [3.05, 3.63) is 88.0 Å². The number of nitro groups is 1. The van der Waals surface area contributed by atoms with Gasteiger partial charge in [0.1, 0.15) is 6.04 Å². The summed E-state index contributed by atoms with van der Waals surface area (Å²) in [5.41, 5.74) is 0.727. The third-order valence-electron chi connectivity index (χ3n) is 7.11. The SMILES string of the molecule is O=C(COC(=O)[C@H](Cc1ccccc1)N1C(=O)[C@@H]2[C@H](C1=O)[C@@H]1C=C[C@H]2C1)c1ccc([N+](=O)[O-])cc1. The Morgan fingerprint density at radius 1 is 0.971 bits per heavy atom. The third-order valence-corrected chi connectivity index (χ3v) is 7.11. The number of imide groups is 1. The third kappa shape index (κ3) is 4.03. The number of likely N-dealkylation sites (tertiary alicyclic amines) is 1. The fraction of sp³-hybridized carbons (Fsp3) is 0.308. The summed E-state index contributed by atoms with van der Waals surface area (Å²) >= 11 is 0. The van der Waals surface area contributed by atoms with Gasteiger partial charge >= 0.3 is 5.97 Å². The van der Waals surface area contributed by atoms with Gasteiger partial charge in [-0.3, -0.25) is 29.4 Å². The molecule has 2 aromatic rings. The molecular weight excluding hydrogens is 452 g/mol. The van der Waals surface area contributed by atoms with Crippen LogP contribution in [0.5, 0.6) is 0 Å². The second-order valence-corrected chi connectivity index (χ2v) is 9.09. The van der Waals surface area contributed by atoms with Crippen molar-refractivity contribution >= 4 is 29.3 Å². The van der Waals surface area contributed by atoms with Crippen LogP contribution in [-0.2, 0) is 25.5 Å². The predicted octanol–water partition coefficient (Wildman–Crippen LogP) is 2.74. The molecule has 2 bridgehead atoms. The summed E-state index contributed by atoms with van der Waals surface area (Å²) in [6.45, 7) is -0.613. The number of benzene rings is 2. The Morgan fingerprint density at radius 3 is 2.14 bits per heavy atom. The average molecular weight is 474 g/mol. The van der Waals surface area contributed by atoms with Crippen LogP contribution in [0.1, 0.15) is 22.3 Å². The van der Waals surface area contributed by atoms with E-state index in [1.807, 2.05) is 18.2 Å². The molecule has 2 aromatic carbocycles. The molecule has 1 heterocycles. The van der Waals surface area contributed by atoms with Crippen molar-refractivity contribution in [2.24, 2.45) is 23.7 Å². The highest BCUT2D eigenvalue weighted by Gasteiger charge is 2.61. The van der Waals surface area contributed by atoms with Crippen LogP contribution in [0, 0.1) is 33.8 Å². The van der Waals surface area contributed by atoms with Crippen LogP contribution < -0.4 is 0 Å². The Hall–Kier alpha value is -4.14. The standard InChI is InChI=1S/C26H22N2O7/c29-21(16-8-10-19(11-9-16)28(33)34)14-35-26(32)20(12-15-4-2-1-3-5-15)27-24(30)22-17-6-7-18(13-17)23(22)25(27)31/h1-11,17-18,20,22-23H,12-14H2/t17-,18+,20-,22-,23+/m0/s1. The molecule has 2 amide bonds. The topological polar surface area (TPSA) is 124 Å². The van der Waals surface area contributed by atoms with E-state index < -0.39 is 41.2 Å². The first-order valence-corrected chi connectivity index (χ1v) is 11.4. The summed E-state index contributed by atoms with van der Waals surface area (Å²) in [7, 11) is 0. The average Bonchev–Trinajstić information content (AvgIpc) is 3.55. The lowest BCUT2D eigenvalue weighted by Crippen LogP contribution is -2.48. The lowest BCUT2D eigenvalue weighted by Gasteiger charge is -2.26. The first-order valence-electron chi connectivity index (χ1n) is 11.4. The van der Waals surface area contributed by atoms with E-state index in [1.165, 1.54) is 24.3 Å². The quantitative estimate of drug-likeness (QED) is 0.144. The second-order valence-electron chi connectivity index (χ2n) is 9.09. The fourth-order valence-corrected chi connectivity index (χ4v) is 5.44. The first kappa shape index (κ1) is 22.6. The van der Waals surface area contributed by atoms with Crippen LogP contribution in [0.15, 0.2) is 66.7 Å². The van der Waals surface area contributed by atoms with Crippen molar-refractivity contribution in [3.63, 3.8) is 0 Å². The van der Waals surface area contributed by atoms with Crippen LogP contribution in [0.25, 0.3) is 0 Å². The number of ether oxygens (including phenoxy) is 1. The second kappa shape index (κ2) is 8.90. The van der Waals surface area contributed by atoms with E-state index in [2.05, 4.69) is 0 Å². The molecule has 5 rings (SSSR count). The van der Waals surface area contributed by atoms with Gasteiger partial charge in [0.25, 0.3) is 5.69 Å². The lowest BCUT2D eigenvalue weighted by molar-refractivity contribution is -0.384. The van der Waals surface area contributed by atoms with Gasteiger partial charge in [-0.2, -0.15) is 0 Å². The molecule has 5 atom stereocenters. The van der Waals surface area contributed by atoms with Gasteiger partial charge in [0.15, 0.2) is 12.4 Å². The summed E-state index contributed by atoms with van der Waals surface area (Å²) < 4.78 is 5.29. The predicted molar refractivity (Wildman–Crippen MR) is 122 cm³/mol. The molecule has 0 radical (unpaired) electrons. The van der Waals surface area contributed by atoms with Crippen LogP contribution in [0.2, 0.25) is 0 Å². The maximum atomic E-state index is 13.3. The normalized spacial score (nSPS) is 25.0. The van der Waals surface area contributed by atoms with Crippen molar-refractivity contribution in [2.45, 2.75) is 18.9 Å². The Bertz CT molecular complexity index is 1210. The number of allylic oxidation sites excluding steroid dienone is 2. The maximum Gasteiger partial charge on any atom is 0.330 e. The van der Waals surface area contributed by atoms with E-state index in [1.54, 1.807) is 24.3 Å². The highest BCUT2D eigenvalue weighted by molar-refractivity contribution is 6.09. The zero-order valence-electron chi connectivity index (χ0n) is 18.6. The molecular formula is C26H22N2O7. The number of Topliss-reactive ketones (excluding diaryl/α,β-unsaturated/α-hetero) is 1. The maximum absolute atomic E-state index is 13.3. The molecule has 35 heavy (non-hydrogen) atoms. The van der Waals surface area contributed by atoms with Crippen molar-refractivity contribution < 1.29 is 28.8 Å². The molecule has 178 valence electrons. The van der Waals surface area contributed by atoms with E-state index in [9.17, 15) is 29.3 Å². The number of ketones is 1. The molecule has 9 heteroatoms. The Morgan fingerprint density at radius 2 is 1.57 bits per heavy atom. The highest BCUT2D eigenvalue weighted by Crippen LogP contribution is 2.53. The summed E-state index contributed by atoms with van der Waals surface area (Å²) in [6, 6.07) is 12.8. The molecule has 0 aromatic heterocycles. The molecule has 2 fully saturated rings. The van der Waals surface area contributed by atoms with Gasteiger partial charge in [-0.05, 0) is 36.0 Å². The minimum atomic E-state index is -1.19. The molecule has 2 aliphatic carbocycles. The van der Waals surface area contributed by atoms with Gasteiger partial charge in [-0.1, -0.05) is 42.5 Å². The van der Waals surface area contributed by atoms with Crippen molar-refractivity contribution in [1.82, 2.24) is 4.90 Å². The number of esters is 1. The Labute approximate surface area is 200 Å². The van der Waals surface area contributed by atoms with Crippen LogP contribution >= 0.6 is 0 Å². The van der Waals surface area contributed by atoms with E-state index in [0.717, 1.165) is 16.9 Å². The van der Waals surface area contributed by atoms with Gasteiger partial charge in [-0.15, -0.1) is 0 Å². The number of carbonyl (C=O) groups excluding carboxylic acids is 4. The lowest BCUT2D eigenvalue weighted by atomic mass is 9.85. The number of rotatable bonds is 8. The number of fused-ring (bicyclic) bond motifs is 5. The van der Waals surface area contributed by atoms with Gasteiger partial charge in [0.05, 0.1) is 16.8 Å². The summed E-state index contributed by atoms with van der Waals surface area (Å²) in [5.74, 6) is -3.02. The molecule has 3 aliphatic rings. The van der Waals surface area contributed by atoms with Crippen molar-refractivity contribution in [1.29, 1.82) is 0 Å². The molecule has 9 nitrogen and oxygen atoms in total. The zero-order chi connectivity index (χ0) is 24.7. The van der Waals surface area contributed by atoms with E-state index in [4.69, 9.17) is 4.74 Å². The van der Waals surface area contributed by atoms with E-state index in [-0.39, 0.29) is 41.3 Å². The Kier molecular flexibility index (Phi) is 5.76. The van der Waals surface area contributed by atoms with Crippen LogP contribution in [-0.4, -0.2) is 46.0 Å². The zero-order valence-corrected chi connectivity index (χ0v) is 18.6. The first-order chi connectivity index (χ1) is 16.8. The minimum absolute atomic E-state index is 0.00330. The van der Waals surface area contributed by atoms with E-state index in [0.29, 0.717) is 0 Å². The summed E-state index contributed by atoms with van der Waals surface area (Å²) in [5, 5.41) is 10.8. The molecule has 0 spiro atoms. The van der Waals surface area contributed by atoms with Gasteiger partial charge in [0, 0.05) is 24.1 Å². The van der Waals surface area contributed by atoms with Crippen LogP contribution in [0.4, 0.5) is 5.69 Å². The number of nitro benzene ring substituents is 1. The highest BCUT2D eigenvalue weighted by atomic mass is 16.6. The number of amides is 2. The number of nitrogens with zero attached hydrogens (tertiary/aromatic N) is 2. The monoisotopic (exact) mass is 474 g/mol. The minimum Gasteiger partial charge on any atom is -0.456 e. The smallest absolute Gasteiger partial charge is 0.330 e. The van der Waals surface area contributed by atoms with E-state index >= 15 is 0 Å². The van der Waals surface area contributed by atoms with Crippen molar-refractivity contribution in [2.75, 3.05) is 6.61 Å². The molecule has 1 saturated heterocycles. The molecule has 0 unspecified atom stereocenters. The summed E-state index contributed by atoms with van der Waals surface area (Å²) in [4.78, 5) is 63.6. The number of non-ortho nitro benzene ring substituents is 1. The Balaban J connectivity index is 1.34. The molecule has 1 saturated carbocycles. The van der Waals surface area contributed by atoms with Gasteiger partial charge in [0.2, 0.25) is 11.8 Å². The number of hydrogen-bond acceptors (Lipinski definition) is 7. The molecule has 0 N–H and O–H groups in total. The number of carbonyl (C=O) groups is 4. The van der Waals surface area contributed by atoms with Crippen LogP contribution in [0.3, 0.4) is 0 Å². The fourth-order valence-electron chi connectivity index (χ4n) is 5.44. The summed E-state index contributed by atoms with van der Waals surface area (Å²) in [6.07, 6.45) is 4.81. The van der Waals surface area contributed by atoms with Gasteiger partial charge < -0.3 is 4.74 Å². The molecule has 1 aliphatic heterocycles.